The third kappa shape index (κ3) is 3.02. The van der Waals surface area contributed by atoms with Gasteiger partial charge in [-0.05, 0) is 47.6 Å². The molecule has 4 heteroatoms. The summed E-state index contributed by atoms with van der Waals surface area (Å²) in [6, 6.07) is 6.45. The molecule has 0 N–H and O–H groups in total. The topological polar surface area (TPSA) is 36.1 Å². The quantitative estimate of drug-likeness (QED) is 0.663. The maximum absolute atomic E-state index is 9.53. The maximum atomic E-state index is 9.53. The molecule has 2 aromatic rings. The third-order valence-electron chi connectivity index (χ3n) is 4.44. The predicted octanol–water partition coefficient (Wildman–Crippen LogP) is 5.58. The van der Waals surface area contributed by atoms with Crippen LogP contribution >= 0.6 is 22.7 Å². The highest BCUT2D eigenvalue weighted by atomic mass is 32.1. The van der Waals surface area contributed by atoms with Crippen LogP contribution in [0.2, 0.25) is 0 Å². The molecule has 22 heavy (non-hydrogen) atoms. The Kier molecular flexibility index (Phi) is 4.20. The summed E-state index contributed by atoms with van der Waals surface area (Å²) in [5.74, 6) is 0.694. The Labute approximate surface area is 140 Å². The normalized spacial score (nSPS) is 18.4. The van der Waals surface area contributed by atoms with Crippen molar-refractivity contribution in [3.8, 4) is 6.07 Å². The molecule has 0 radical (unpaired) electrons. The van der Waals surface area contributed by atoms with Crippen molar-refractivity contribution < 1.29 is 0 Å². The maximum Gasteiger partial charge on any atom is 0.134 e. The zero-order chi connectivity index (χ0) is 15.7. The van der Waals surface area contributed by atoms with Gasteiger partial charge in [-0.2, -0.15) is 5.26 Å². The Bertz CT molecular complexity index is 724. The highest BCUT2D eigenvalue weighted by molar-refractivity contribution is 7.16. The Balaban J connectivity index is 1.91. The number of hydrogen-bond acceptors (Lipinski definition) is 4. The Morgan fingerprint density at radius 1 is 1.41 bits per heavy atom. The molecule has 2 aromatic heterocycles. The van der Waals surface area contributed by atoms with Gasteiger partial charge in [-0.3, -0.25) is 0 Å². The van der Waals surface area contributed by atoms with Gasteiger partial charge in [-0.1, -0.05) is 26.8 Å². The van der Waals surface area contributed by atoms with Crippen molar-refractivity contribution in [1.82, 2.24) is 0 Å². The minimum Gasteiger partial charge on any atom is -0.243 e. The molecule has 0 bridgehead atoms. The molecule has 0 saturated carbocycles. The molecule has 0 unspecified atom stereocenters. The minimum absolute atomic E-state index is 0.328. The number of fused-ring (bicyclic) bond motifs is 1. The molecule has 1 aliphatic rings. The van der Waals surface area contributed by atoms with Crippen LogP contribution in [0.3, 0.4) is 0 Å². The molecular weight excluding hydrogens is 308 g/mol. The first-order chi connectivity index (χ1) is 10.5. The number of rotatable bonds is 2. The first-order valence-electron chi connectivity index (χ1n) is 7.61. The second-order valence-electron chi connectivity index (χ2n) is 6.88. The van der Waals surface area contributed by atoms with E-state index in [2.05, 4.69) is 31.8 Å². The lowest BCUT2D eigenvalue weighted by molar-refractivity contribution is 0.218. The Morgan fingerprint density at radius 3 is 2.86 bits per heavy atom. The number of nitrogens with zero attached hydrogens (tertiary/aromatic N) is 2. The fourth-order valence-electron chi connectivity index (χ4n) is 3.00. The van der Waals surface area contributed by atoms with Crippen LogP contribution in [-0.4, -0.2) is 6.21 Å². The molecule has 114 valence electrons. The summed E-state index contributed by atoms with van der Waals surface area (Å²) in [4.78, 5) is 7.10. The van der Waals surface area contributed by atoms with Gasteiger partial charge in [-0.25, -0.2) is 4.99 Å². The lowest BCUT2D eigenvalue weighted by Gasteiger charge is -2.33. The molecule has 3 rings (SSSR count). The van der Waals surface area contributed by atoms with E-state index in [9.17, 15) is 5.26 Å². The molecular formula is C18H20N2S2. The molecule has 1 aliphatic carbocycles. The van der Waals surface area contributed by atoms with Crippen LogP contribution in [0.4, 0.5) is 5.00 Å². The summed E-state index contributed by atoms with van der Waals surface area (Å²) in [5, 5.41) is 12.5. The van der Waals surface area contributed by atoms with Crippen LogP contribution in [0.5, 0.6) is 0 Å². The van der Waals surface area contributed by atoms with Gasteiger partial charge in [0.2, 0.25) is 0 Å². The third-order valence-corrected chi connectivity index (χ3v) is 6.40. The van der Waals surface area contributed by atoms with Crippen LogP contribution in [0.25, 0.3) is 0 Å². The van der Waals surface area contributed by atoms with E-state index in [0.717, 1.165) is 28.3 Å². The van der Waals surface area contributed by atoms with Gasteiger partial charge >= 0.3 is 0 Å². The average Bonchev–Trinajstić information content (AvgIpc) is 3.10. The van der Waals surface area contributed by atoms with E-state index in [1.54, 1.807) is 22.7 Å². The molecule has 0 aromatic carbocycles. The fraction of sp³-hybridized carbons (Fsp3) is 0.444. The van der Waals surface area contributed by atoms with Gasteiger partial charge in [0.25, 0.3) is 0 Å². The van der Waals surface area contributed by atoms with Gasteiger partial charge in [-0.15, -0.1) is 22.7 Å². The van der Waals surface area contributed by atoms with Crippen molar-refractivity contribution >= 4 is 33.9 Å². The van der Waals surface area contributed by atoms with Crippen molar-refractivity contribution in [2.24, 2.45) is 16.3 Å². The van der Waals surface area contributed by atoms with Gasteiger partial charge in [0.1, 0.15) is 11.1 Å². The van der Waals surface area contributed by atoms with Gasteiger partial charge in [0.05, 0.1) is 5.56 Å². The van der Waals surface area contributed by atoms with E-state index in [0.29, 0.717) is 11.3 Å². The van der Waals surface area contributed by atoms with Crippen molar-refractivity contribution in [2.75, 3.05) is 0 Å². The lowest BCUT2D eigenvalue weighted by Crippen LogP contribution is -2.26. The van der Waals surface area contributed by atoms with E-state index < -0.39 is 0 Å². The molecule has 0 aliphatic heterocycles. The zero-order valence-electron chi connectivity index (χ0n) is 13.2. The number of hydrogen-bond donors (Lipinski definition) is 0. The number of aliphatic imine (C=N–C) groups is 1. The average molecular weight is 329 g/mol. The first kappa shape index (κ1) is 15.5. The molecule has 0 fully saturated rings. The standard InChI is InChI=1S/C18H20N2S2/c1-18(2,3)12-6-7-14-15(10-19)17(22-16(14)9-12)20-11-13-5-4-8-21-13/h4-5,8,11-12H,6-7,9H2,1-3H3/t12-/m0/s1. The van der Waals surface area contributed by atoms with Crippen molar-refractivity contribution in [2.45, 2.75) is 40.0 Å². The van der Waals surface area contributed by atoms with Crippen LogP contribution < -0.4 is 0 Å². The van der Waals surface area contributed by atoms with Crippen molar-refractivity contribution in [1.29, 1.82) is 5.26 Å². The summed E-state index contributed by atoms with van der Waals surface area (Å²) in [6.07, 6.45) is 5.16. The highest BCUT2D eigenvalue weighted by Gasteiger charge is 2.32. The second-order valence-corrected chi connectivity index (χ2v) is 8.94. The van der Waals surface area contributed by atoms with Crippen LogP contribution in [0, 0.1) is 22.7 Å². The smallest absolute Gasteiger partial charge is 0.134 e. The highest BCUT2D eigenvalue weighted by Crippen LogP contribution is 2.44. The summed E-state index contributed by atoms with van der Waals surface area (Å²) in [7, 11) is 0. The summed E-state index contributed by atoms with van der Waals surface area (Å²) in [5.41, 5.74) is 2.39. The minimum atomic E-state index is 0.328. The lowest BCUT2D eigenvalue weighted by atomic mass is 9.72. The van der Waals surface area contributed by atoms with Crippen LogP contribution in [0.1, 0.15) is 48.1 Å². The van der Waals surface area contributed by atoms with Crippen molar-refractivity contribution in [3.05, 3.63) is 38.4 Å². The molecule has 1 atom stereocenters. The summed E-state index contributed by atoms with van der Waals surface area (Å²) in [6.45, 7) is 6.95. The second kappa shape index (κ2) is 5.98. The first-order valence-corrected chi connectivity index (χ1v) is 9.31. The number of nitriles is 1. The molecule has 2 heterocycles. The SMILES string of the molecule is CC(C)(C)[C@H]1CCc2c(sc(N=Cc3cccs3)c2C#N)C1. The molecule has 0 amide bonds. The summed E-state index contributed by atoms with van der Waals surface area (Å²) >= 11 is 3.38. The number of thiophene rings is 2. The predicted molar refractivity (Wildman–Crippen MR) is 95.6 cm³/mol. The molecule has 2 nitrogen and oxygen atoms in total. The van der Waals surface area contributed by atoms with E-state index in [-0.39, 0.29) is 0 Å². The molecule has 0 saturated heterocycles. The zero-order valence-corrected chi connectivity index (χ0v) is 14.9. The summed E-state index contributed by atoms with van der Waals surface area (Å²) < 4.78 is 0. The van der Waals surface area contributed by atoms with Gasteiger partial charge in [0.15, 0.2) is 0 Å². The van der Waals surface area contributed by atoms with E-state index in [1.807, 2.05) is 23.7 Å². The van der Waals surface area contributed by atoms with E-state index in [4.69, 9.17) is 0 Å². The van der Waals surface area contributed by atoms with E-state index >= 15 is 0 Å². The van der Waals surface area contributed by atoms with Crippen molar-refractivity contribution in [3.63, 3.8) is 0 Å². The van der Waals surface area contributed by atoms with E-state index in [1.165, 1.54) is 16.9 Å². The van der Waals surface area contributed by atoms with Crippen LogP contribution in [0.15, 0.2) is 22.5 Å². The fourth-order valence-corrected chi connectivity index (χ4v) is 4.81. The Hall–Kier alpha value is -1.44. The van der Waals surface area contributed by atoms with Crippen LogP contribution in [-0.2, 0) is 12.8 Å². The molecule has 0 spiro atoms. The Morgan fingerprint density at radius 2 is 2.23 bits per heavy atom. The van der Waals surface area contributed by atoms with Gasteiger partial charge < -0.3 is 0 Å². The monoisotopic (exact) mass is 328 g/mol. The largest absolute Gasteiger partial charge is 0.243 e. The van der Waals surface area contributed by atoms with Gasteiger partial charge in [0, 0.05) is 16.0 Å².